The van der Waals surface area contributed by atoms with Gasteiger partial charge in [-0.25, -0.2) is 4.79 Å². The van der Waals surface area contributed by atoms with E-state index in [1.165, 1.54) is 0 Å². The molecule has 2 aromatic carbocycles. The summed E-state index contributed by atoms with van der Waals surface area (Å²) in [6.07, 6.45) is 4.59. The second-order valence-corrected chi connectivity index (χ2v) is 6.67. The van der Waals surface area contributed by atoms with Gasteiger partial charge in [-0.05, 0) is 41.8 Å². The lowest BCUT2D eigenvalue weighted by molar-refractivity contribution is 0.0700. The van der Waals surface area contributed by atoms with Gasteiger partial charge >= 0.3 is 5.97 Å². The first kappa shape index (κ1) is 17.9. The molecule has 28 heavy (non-hydrogen) atoms. The lowest BCUT2D eigenvalue weighted by atomic mass is 9.99. The molecule has 4 aromatic rings. The van der Waals surface area contributed by atoms with E-state index in [0.29, 0.717) is 29.0 Å². The van der Waals surface area contributed by atoms with Crippen LogP contribution in [0.1, 0.15) is 28.4 Å². The summed E-state index contributed by atoms with van der Waals surface area (Å²) < 4.78 is 7.95. The molecule has 140 valence electrons. The summed E-state index contributed by atoms with van der Waals surface area (Å²) in [4.78, 5) is 12.1. The van der Waals surface area contributed by atoms with Crippen molar-refractivity contribution in [3.63, 3.8) is 0 Å². The molecule has 2 aromatic heterocycles. The molecule has 0 spiro atoms. The molecule has 0 fully saturated rings. The average Bonchev–Trinajstić information content (AvgIpc) is 3.12. The van der Waals surface area contributed by atoms with Crippen LogP contribution in [0, 0.1) is 0 Å². The van der Waals surface area contributed by atoms with Crippen LogP contribution in [0.3, 0.4) is 0 Å². The fraction of sp³-hybridized carbons (Fsp3) is 0.125. The molecular formula is C24H21NO3. The first-order valence-electron chi connectivity index (χ1n) is 9.30. The molecule has 0 unspecified atom stereocenters. The minimum atomic E-state index is -0.945. The number of ether oxygens (including phenoxy) is 1. The topological polar surface area (TPSA) is 50.9 Å². The van der Waals surface area contributed by atoms with Crippen molar-refractivity contribution < 1.29 is 14.6 Å². The second kappa shape index (κ2) is 7.61. The number of benzene rings is 2. The van der Waals surface area contributed by atoms with Crippen LogP contribution >= 0.6 is 0 Å². The highest BCUT2D eigenvalue weighted by Gasteiger charge is 2.21. The smallest absolute Gasteiger partial charge is 0.338 e. The molecule has 0 amide bonds. The molecule has 0 bridgehead atoms. The van der Waals surface area contributed by atoms with Crippen molar-refractivity contribution in [2.45, 2.75) is 20.0 Å². The molecule has 4 nitrogen and oxygen atoms in total. The quantitative estimate of drug-likeness (QED) is 0.491. The van der Waals surface area contributed by atoms with Crippen LogP contribution in [-0.4, -0.2) is 15.5 Å². The van der Waals surface area contributed by atoms with Crippen LogP contribution < -0.4 is 4.74 Å². The van der Waals surface area contributed by atoms with Crippen LogP contribution in [0.5, 0.6) is 5.75 Å². The molecule has 0 saturated heterocycles. The predicted molar refractivity (Wildman–Crippen MR) is 110 cm³/mol. The second-order valence-electron chi connectivity index (χ2n) is 6.67. The van der Waals surface area contributed by atoms with Crippen molar-refractivity contribution >= 4 is 11.5 Å². The maximum atomic E-state index is 12.1. The number of carboxylic acids is 1. The van der Waals surface area contributed by atoms with Crippen molar-refractivity contribution in [1.29, 1.82) is 0 Å². The highest BCUT2D eigenvalue weighted by Crippen LogP contribution is 2.36. The first-order valence-corrected chi connectivity index (χ1v) is 9.30. The summed E-state index contributed by atoms with van der Waals surface area (Å²) in [5, 5.41) is 9.89. The Morgan fingerprint density at radius 1 is 0.964 bits per heavy atom. The van der Waals surface area contributed by atoms with Gasteiger partial charge in [0.2, 0.25) is 0 Å². The molecule has 0 saturated carbocycles. The lowest BCUT2D eigenvalue weighted by Gasteiger charge is -2.13. The van der Waals surface area contributed by atoms with Crippen molar-refractivity contribution in [3.8, 4) is 16.9 Å². The van der Waals surface area contributed by atoms with E-state index in [1.807, 2.05) is 83.5 Å². The predicted octanol–water partition coefficient (Wildman–Crippen LogP) is 5.45. The van der Waals surface area contributed by atoms with Gasteiger partial charge in [-0.1, -0.05) is 49.4 Å². The molecule has 0 aliphatic carbocycles. The Bertz CT molecular complexity index is 1130. The summed E-state index contributed by atoms with van der Waals surface area (Å²) >= 11 is 0. The van der Waals surface area contributed by atoms with Crippen LogP contribution in [-0.2, 0) is 13.0 Å². The van der Waals surface area contributed by atoms with E-state index < -0.39 is 5.97 Å². The fourth-order valence-corrected chi connectivity index (χ4v) is 3.42. The van der Waals surface area contributed by atoms with E-state index in [9.17, 15) is 9.90 Å². The Kier molecular flexibility index (Phi) is 4.85. The molecule has 0 radical (unpaired) electrons. The third kappa shape index (κ3) is 3.37. The van der Waals surface area contributed by atoms with E-state index in [4.69, 9.17) is 4.74 Å². The average molecular weight is 371 g/mol. The third-order valence-corrected chi connectivity index (χ3v) is 4.88. The van der Waals surface area contributed by atoms with E-state index >= 15 is 0 Å². The van der Waals surface area contributed by atoms with Crippen LogP contribution in [0.4, 0.5) is 0 Å². The number of carboxylic acid groups (broad SMARTS) is 1. The number of hydrogen-bond acceptors (Lipinski definition) is 2. The van der Waals surface area contributed by atoms with Gasteiger partial charge < -0.3 is 14.2 Å². The van der Waals surface area contributed by atoms with Crippen LogP contribution in [0.25, 0.3) is 16.6 Å². The van der Waals surface area contributed by atoms with Gasteiger partial charge in [0.05, 0.1) is 11.1 Å². The third-order valence-electron chi connectivity index (χ3n) is 4.88. The van der Waals surface area contributed by atoms with Gasteiger partial charge in [0.15, 0.2) is 0 Å². The Hall–Kier alpha value is -3.53. The minimum absolute atomic E-state index is 0.290. The van der Waals surface area contributed by atoms with Crippen molar-refractivity contribution in [1.82, 2.24) is 4.40 Å². The number of aryl methyl sites for hydroxylation is 1. The van der Waals surface area contributed by atoms with E-state index in [1.54, 1.807) is 0 Å². The number of hydrogen-bond donors (Lipinski definition) is 1. The van der Waals surface area contributed by atoms with Crippen LogP contribution in [0.2, 0.25) is 0 Å². The van der Waals surface area contributed by atoms with Gasteiger partial charge in [0, 0.05) is 23.5 Å². The Labute approximate surface area is 163 Å². The van der Waals surface area contributed by atoms with Gasteiger partial charge in [0.1, 0.15) is 12.4 Å². The number of rotatable bonds is 6. The largest absolute Gasteiger partial charge is 0.488 e. The van der Waals surface area contributed by atoms with Crippen molar-refractivity contribution in [2.24, 2.45) is 0 Å². The molecular weight excluding hydrogens is 350 g/mol. The zero-order valence-corrected chi connectivity index (χ0v) is 15.6. The normalized spacial score (nSPS) is 10.9. The van der Waals surface area contributed by atoms with E-state index in [2.05, 4.69) is 6.92 Å². The van der Waals surface area contributed by atoms with Gasteiger partial charge in [0.25, 0.3) is 0 Å². The number of aromatic nitrogens is 1. The number of carbonyl (C=O) groups is 1. The Morgan fingerprint density at radius 2 is 1.75 bits per heavy atom. The summed E-state index contributed by atoms with van der Waals surface area (Å²) in [6, 6.07) is 21.5. The maximum Gasteiger partial charge on any atom is 0.338 e. The zero-order chi connectivity index (χ0) is 19.5. The monoisotopic (exact) mass is 371 g/mol. The van der Waals surface area contributed by atoms with Crippen molar-refractivity contribution in [2.75, 3.05) is 0 Å². The van der Waals surface area contributed by atoms with Gasteiger partial charge in [-0.2, -0.15) is 0 Å². The molecule has 4 heteroatoms. The van der Waals surface area contributed by atoms with E-state index in [0.717, 1.165) is 23.1 Å². The number of nitrogens with zero attached hydrogens (tertiary/aromatic N) is 1. The number of fused-ring (bicyclic) bond motifs is 1. The summed E-state index contributed by atoms with van der Waals surface area (Å²) in [6.45, 7) is 2.51. The maximum absolute atomic E-state index is 12.1. The summed E-state index contributed by atoms with van der Waals surface area (Å²) in [7, 11) is 0. The molecule has 0 atom stereocenters. The Balaban J connectivity index is 1.83. The Morgan fingerprint density at radius 3 is 2.50 bits per heavy atom. The molecule has 1 N–H and O–H groups in total. The first-order chi connectivity index (χ1) is 13.7. The van der Waals surface area contributed by atoms with Crippen molar-refractivity contribution in [3.05, 3.63) is 95.8 Å². The molecule has 4 rings (SSSR count). The minimum Gasteiger partial charge on any atom is -0.488 e. The summed E-state index contributed by atoms with van der Waals surface area (Å²) in [5.74, 6) is -0.265. The highest BCUT2D eigenvalue weighted by atomic mass is 16.5. The fourth-order valence-electron chi connectivity index (χ4n) is 3.42. The van der Waals surface area contributed by atoms with Crippen LogP contribution in [0.15, 0.2) is 79.1 Å². The number of pyridine rings is 1. The lowest BCUT2D eigenvalue weighted by Crippen LogP contribution is -2.01. The highest BCUT2D eigenvalue weighted by molar-refractivity contribution is 6.04. The molecule has 2 heterocycles. The number of aromatic carboxylic acids is 1. The zero-order valence-electron chi connectivity index (χ0n) is 15.6. The standard InChI is InChI=1S/C24H21NO3/c1-2-17-11-12-22(28-16-18-8-4-3-5-9-18)19(14-17)20-15-25-13-7-6-10-21(25)23(20)24(26)27/h3-15H,2,16H2,1H3,(H,26,27). The van der Waals surface area contributed by atoms with Gasteiger partial charge in [-0.3, -0.25) is 0 Å². The molecule has 0 aliphatic rings. The molecule has 0 aliphatic heterocycles. The van der Waals surface area contributed by atoms with E-state index in [-0.39, 0.29) is 0 Å². The SMILES string of the molecule is CCc1ccc(OCc2ccccc2)c(-c2cn3ccccc3c2C(=O)O)c1. The van der Waals surface area contributed by atoms with Gasteiger partial charge in [-0.15, -0.1) is 0 Å². The summed E-state index contributed by atoms with van der Waals surface area (Å²) in [5.41, 5.74) is 4.62.